The summed E-state index contributed by atoms with van der Waals surface area (Å²) in [6.45, 7) is 4.42. The Morgan fingerprint density at radius 2 is 0.667 bits per heavy atom. The molecule has 0 aromatic rings. The Kier molecular flexibility index (Phi) is 57.2. The Bertz CT molecular complexity index is 1630. The number of aliphatic hydroxyl groups excluding tert-OH is 1. The van der Waals surface area contributed by atoms with Crippen molar-refractivity contribution >= 4 is 25.7 Å². The number of carbonyl (C=O) groups excluding carboxylic acids is 3. The number of phosphoric ester groups is 1. The first-order chi connectivity index (χ1) is 38.2. The zero-order chi connectivity index (χ0) is 56.9. The molecule has 11 nitrogen and oxygen atoms in total. The molecule has 0 spiro atoms. The molecule has 0 aliphatic rings. The number of allylic oxidation sites excluding steroid dienone is 14. The summed E-state index contributed by atoms with van der Waals surface area (Å²) in [6, 6.07) is 0. The number of aliphatic hydroxyl groups is 1. The van der Waals surface area contributed by atoms with E-state index in [1.807, 2.05) is 0 Å². The molecule has 0 aromatic heterocycles. The van der Waals surface area contributed by atoms with Crippen LogP contribution in [-0.4, -0.2) is 66.5 Å². The second-order valence-electron chi connectivity index (χ2n) is 20.8. The predicted molar refractivity (Wildman–Crippen MR) is 325 cm³/mol. The number of phosphoric acid groups is 1. The number of unbranched alkanes of at least 4 members (excludes halogenated alkanes) is 27. The fourth-order valence-electron chi connectivity index (χ4n) is 8.56. The molecule has 78 heavy (non-hydrogen) atoms. The highest BCUT2D eigenvalue weighted by Crippen LogP contribution is 2.43. The third kappa shape index (κ3) is 57.3. The molecule has 0 heterocycles. The lowest BCUT2D eigenvalue weighted by atomic mass is 10.1. The lowest BCUT2D eigenvalue weighted by Gasteiger charge is -2.21. The van der Waals surface area contributed by atoms with E-state index in [-0.39, 0.29) is 25.9 Å². The Labute approximate surface area is 477 Å². The quantitative estimate of drug-likeness (QED) is 0.0197. The van der Waals surface area contributed by atoms with Crippen molar-refractivity contribution in [3.05, 3.63) is 85.1 Å². The van der Waals surface area contributed by atoms with Crippen molar-refractivity contribution < 1.29 is 52.2 Å². The predicted octanol–water partition coefficient (Wildman–Crippen LogP) is 19.0. The van der Waals surface area contributed by atoms with Gasteiger partial charge in [0.1, 0.15) is 12.7 Å². The van der Waals surface area contributed by atoms with E-state index in [2.05, 4.69) is 106 Å². The minimum absolute atomic E-state index is 0.153. The van der Waals surface area contributed by atoms with Gasteiger partial charge in [-0.3, -0.25) is 23.4 Å². The summed E-state index contributed by atoms with van der Waals surface area (Å²) in [7, 11) is -4.76. The van der Waals surface area contributed by atoms with Crippen LogP contribution in [0.3, 0.4) is 0 Å². The van der Waals surface area contributed by atoms with Gasteiger partial charge < -0.3 is 24.2 Å². The van der Waals surface area contributed by atoms with Gasteiger partial charge in [0.25, 0.3) is 0 Å². The van der Waals surface area contributed by atoms with Gasteiger partial charge in [0.05, 0.1) is 19.8 Å². The summed E-state index contributed by atoms with van der Waals surface area (Å²) in [5, 5.41) is 9.85. The van der Waals surface area contributed by atoms with Crippen LogP contribution in [0.15, 0.2) is 85.1 Å². The van der Waals surface area contributed by atoms with Gasteiger partial charge in [0.2, 0.25) is 0 Å². The van der Waals surface area contributed by atoms with Crippen LogP contribution >= 0.6 is 7.82 Å². The normalized spacial score (nSPS) is 13.9. The molecule has 0 bridgehead atoms. The monoisotopic (exact) mass is 1110 g/mol. The van der Waals surface area contributed by atoms with Gasteiger partial charge in [-0.2, -0.15) is 0 Å². The summed E-state index contributed by atoms with van der Waals surface area (Å²) >= 11 is 0. The molecule has 0 fully saturated rings. The molecule has 3 unspecified atom stereocenters. The fourth-order valence-corrected chi connectivity index (χ4v) is 9.34. The van der Waals surface area contributed by atoms with E-state index < -0.39 is 57.8 Å². The van der Waals surface area contributed by atoms with Gasteiger partial charge in [-0.15, -0.1) is 0 Å². The van der Waals surface area contributed by atoms with Gasteiger partial charge >= 0.3 is 25.7 Å². The maximum Gasteiger partial charge on any atom is 0.472 e. The molecule has 0 saturated carbocycles. The van der Waals surface area contributed by atoms with Crippen LogP contribution in [0.5, 0.6) is 0 Å². The molecule has 12 heteroatoms. The topological polar surface area (TPSA) is 155 Å². The standard InChI is InChI=1S/C66H115O11P/c1-4-7-10-13-16-19-22-25-28-31-34-37-40-43-46-49-52-55-64(68)73-59-63(77-66(70)57-54-51-48-45-42-39-36-33-30-27-24-21-18-15-12-9-6-3)61-75-78(71,72)74-60-62(58-67)76-65(69)56-53-50-47-44-41-38-35-32-29-26-23-20-17-14-11-8-5-2/h8-9,11-12,17-18,20-21,25-30,62-63,67H,4-7,10,13-16,19,22-24,31-61H2,1-3H3,(H,71,72)/b11-8-,12-9-,20-17-,21-18-,28-25-,29-26-,30-27-. The molecular formula is C66H115O11P. The Hall–Kier alpha value is -3.34. The molecule has 450 valence electrons. The number of ether oxygens (including phenoxy) is 3. The highest BCUT2D eigenvalue weighted by molar-refractivity contribution is 7.47. The maximum absolute atomic E-state index is 12.9. The van der Waals surface area contributed by atoms with E-state index in [9.17, 15) is 28.9 Å². The maximum atomic E-state index is 12.9. The Balaban J connectivity index is 4.72. The summed E-state index contributed by atoms with van der Waals surface area (Å²) < 4.78 is 39.7. The van der Waals surface area contributed by atoms with E-state index in [4.69, 9.17) is 23.3 Å². The lowest BCUT2D eigenvalue weighted by Crippen LogP contribution is -2.30. The highest BCUT2D eigenvalue weighted by atomic mass is 31.2. The number of rotatable bonds is 58. The van der Waals surface area contributed by atoms with Crippen LogP contribution in [0.1, 0.15) is 278 Å². The van der Waals surface area contributed by atoms with Crippen molar-refractivity contribution in [1.29, 1.82) is 0 Å². The first-order valence-electron chi connectivity index (χ1n) is 31.5. The zero-order valence-corrected chi connectivity index (χ0v) is 50.8. The Morgan fingerprint density at radius 1 is 0.372 bits per heavy atom. The van der Waals surface area contributed by atoms with Crippen LogP contribution in [-0.2, 0) is 42.2 Å². The molecule has 0 aliphatic heterocycles. The van der Waals surface area contributed by atoms with Gasteiger partial charge in [0.15, 0.2) is 6.10 Å². The van der Waals surface area contributed by atoms with Crippen molar-refractivity contribution in [2.75, 3.05) is 26.4 Å². The van der Waals surface area contributed by atoms with Gasteiger partial charge in [0, 0.05) is 19.3 Å². The molecule has 2 N–H and O–H groups in total. The highest BCUT2D eigenvalue weighted by Gasteiger charge is 2.28. The van der Waals surface area contributed by atoms with E-state index >= 15 is 0 Å². The SMILES string of the molecule is CC/C=C\C/C=C\C/C=C\CCCCCCCCCC(=O)OC(CO)COP(=O)(O)OCC(COC(=O)CCCCCCCCC/C=C\CCCCCCCC)OC(=O)CCCCCCCCC/C=C\C/C=C\C/C=C\CC. The summed E-state index contributed by atoms with van der Waals surface area (Å²) in [5.74, 6) is -1.48. The molecular weight excluding hydrogens is 1000 g/mol. The van der Waals surface area contributed by atoms with Gasteiger partial charge in [-0.1, -0.05) is 234 Å². The third-order valence-electron chi connectivity index (χ3n) is 13.3. The Morgan fingerprint density at radius 3 is 1.04 bits per heavy atom. The zero-order valence-electron chi connectivity index (χ0n) is 49.9. The van der Waals surface area contributed by atoms with E-state index in [1.165, 1.54) is 83.5 Å². The first kappa shape index (κ1) is 74.7. The van der Waals surface area contributed by atoms with Gasteiger partial charge in [-0.05, 0) is 109 Å². The number of hydrogen-bond donors (Lipinski definition) is 2. The molecule has 0 aromatic carbocycles. The summed E-state index contributed by atoms with van der Waals surface area (Å²) in [4.78, 5) is 48.7. The second kappa shape index (κ2) is 59.8. The molecule has 0 rings (SSSR count). The summed E-state index contributed by atoms with van der Waals surface area (Å²) in [6.07, 6.45) is 69.6. The first-order valence-corrected chi connectivity index (χ1v) is 33.0. The largest absolute Gasteiger partial charge is 0.472 e. The van der Waals surface area contributed by atoms with Crippen molar-refractivity contribution in [2.24, 2.45) is 0 Å². The molecule has 3 atom stereocenters. The number of hydrogen-bond acceptors (Lipinski definition) is 10. The number of carbonyl (C=O) groups is 3. The van der Waals surface area contributed by atoms with Crippen molar-refractivity contribution in [1.82, 2.24) is 0 Å². The fraction of sp³-hybridized carbons (Fsp3) is 0.742. The number of esters is 3. The molecule has 0 aliphatic carbocycles. The van der Waals surface area contributed by atoms with Crippen LogP contribution < -0.4 is 0 Å². The minimum Gasteiger partial charge on any atom is -0.462 e. The van der Waals surface area contributed by atoms with Crippen molar-refractivity contribution in [3.63, 3.8) is 0 Å². The second-order valence-corrected chi connectivity index (χ2v) is 22.3. The van der Waals surface area contributed by atoms with Crippen LogP contribution in [0.25, 0.3) is 0 Å². The minimum atomic E-state index is -4.76. The van der Waals surface area contributed by atoms with Crippen molar-refractivity contribution in [2.45, 2.75) is 290 Å². The van der Waals surface area contributed by atoms with E-state index in [1.54, 1.807) is 0 Å². The summed E-state index contributed by atoms with van der Waals surface area (Å²) in [5.41, 5.74) is 0. The molecule has 0 radical (unpaired) electrons. The average molecular weight is 1120 g/mol. The van der Waals surface area contributed by atoms with Crippen LogP contribution in [0, 0.1) is 0 Å². The van der Waals surface area contributed by atoms with Crippen LogP contribution in [0.2, 0.25) is 0 Å². The smallest absolute Gasteiger partial charge is 0.462 e. The molecule has 0 saturated heterocycles. The van der Waals surface area contributed by atoms with Gasteiger partial charge in [-0.25, -0.2) is 4.57 Å². The van der Waals surface area contributed by atoms with Crippen molar-refractivity contribution in [3.8, 4) is 0 Å². The van der Waals surface area contributed by atoms with E-state index in [0.29, 0.717) is 19.3 Å². The van der Waals surface area contributed by atoms with E-state index in [0.717, 1.165) is 135 Å². The average Bonchev–Trinajstić information content (AvgIpc) is 3.43. The lowest BCUT2D eigenvalue weighted by molar-refractivity contribution is -0.161. The molecule has 0 amide bonds. The third-order valence-corrected chi connectivity index (χ3v) is 14.2. The van der Waals surface area contributed by atoms with Crippen LogP contribution in [0.4, 0.5) is 0 Å².